The van der Waals surface area contributed by atoms with Gasteiger partial charge in [-0.15, -0.1) is 0 Å². The number of hydrogen-bond donors (Lipinski definition) is 2. The third-order valence-corrected chi connectivity index (χ3v) is 4.30. The van der Waals surface area contributed by atoms with Gasteiger partial charge in [0.05, 0.1) is 18.3 Å². The van der Waals surface area contributed by atoms with Crippen LogP contribution in [0.4, 0.5) is 32.4 Å². The molecule has 1 aliphatic carbocycles. The molecule has 2 N–H and O–H groups in total. The lowest BCUT2D eigenvalue weighted by atomic mass is 9.99. The van der Waals surface area contributed by atoms with Crippen molar-refractivity contribution >= 4 is 11.7 Å². The quantitative estimate of drug-likeness (QED) is 0.544. The zero-order chi connectivity index (χ0) is 21.8. The number of fused-ring (bicyclic) bond motifs is 1. The van der Waals surface area contributed by atoms with Gasteiger partial charge in [-0.05, 0) is 31.9 Å². The number of nitrogens with zero attached hydrogens (tertiary/aromatic N) is 2. The standard InChI is InChI=1S/C18H15F3N4O.C2H4F2/c19-14-6-13-15(4-3-10-1-2-10)23-18(26)24-16(13)5-11(14)8-25-9-12(7-22-25)17(20)21;1-2(3)4/h5-7,9-10,15,17H,1-2,8H2,(H2,23,24,26);2H,1H3. The number of urea groups is 1. The van der Waals surface area contributed by atoms with E-state index in [2.05, 4.69) is 27.6 Å². The molecule has 2 amide bonds. The molecule has 2 aromatic rings. The van der Waals surface area contributed by atoms with E-state index >= 15 is 0 Å². The summed E-state index contributed by atoms with van der Waals surface area (Å²) >= 11 is 0. The first-order chi connectivity index (χ1) is 14.2. The molecule has 1 atom stereocenters. The molecule has 1 aromatic heterocycles. The SMILES string of the molecule is CC(F)F.O=C1Nc2cc(Cn3cc(C(F)F)cn3)c(F)cc2C(C#CC2CC2)N1. The monoisotopic (exact) mass is 426 g/mol. The molecule has 1 unspecified atom stereocenters. The van der Waals surface area contributed by atoms with Crippen molar-refractivity contribution in [1.29, 1.82) is 0 Å². The maximum Gasteiger partial charge on any atom is 0.320 e. The van der Waals surface area contributed by atoms with Crippen LogP contribution in [0.5, 0.6) is 0 Å². The van der Waals surface area contributed by atoms with Gasteiger partial charge in [-0.2, -0.15) is 5.10 Å². The fraction of sp³-hybridized carbons (Fsp3) is 0.400. The second-order valence-corrected chi connectivity index (χ2v) is 6.92. The third-order valence-electron chi connectivity index (χ3n) is 4.30. The summed E-state index contributed by atoms with van der Waals surface area (Å²) in [6, 6.07) is 1.84. The molecule has 0 saturated heterocycles. The molecule has 1 aromatic carbocycles. The largest absolute Gasteiger partial charge is 0.320 e. The van der Waals surface area contributed by atoms with Crippen molar-refractivity contribution in [3.8, 4) is 11.8 Å². The van der Waals surface area contributed by atoms with E-state index < -0.39 is 30.7 Å². The number of carbonyl (C=O) groups is 1. The van der Waals surface area contributed by atoms with Gasteiger partial charge in [0.2, 0.25) is 6.43 Å². The van der Waals surface area contributed by atoms with Gasteiger partial charge in [-0.3, -0.25) is 4.68 Å². The molecule has 0 radical (unpaired) electrons. The summed E-state index contributed by atoms with van der Waals surface area (Å²) < 4.78 is 61.7. The summed E-state index contributed by atoms with van der Waals surface area (Å²) in [7, 11) is 0. The van der Waals surface area contributed by atoms with Crippen molar-refractivity contribution < 1.29 is 26.7 Å². The van der Waals surface area contributed by atoms with Crippen molar-refractivity contribution in [3.63, 3.8) is 0 Å². The highest BCUT2D eigenvalue weighted by Gasteiger charge is 2.26. The maximum absolute atomic E-state index is 14.5. The first kappa shape index (κ1) is 21.6. The van der Waals surface area contributed by atoms with Gasteiger partial charge in [0.1, 0.15) is 11.9 Å². The Morgan fingerprint density at radius 1 is 1.23 bits per heavy atom. The van der Waals surface area contributed by atoms with Crippen LogP contribution in [0.2, 0.25) is 0 Å². The molecule has 0 spiro atoms. The number of amides is 2. The van der Waals surface area contributed by atoms with Crippen molar-refractivity contribution in [3.05, 3.63) is 47.0 Å². The van der Waals surface area contributed by atoms with Crippen LogP contribution in [-0.4, -0.2) is 22.2 Å². The van der Waals surface area contributed by atoms with E-state index in [0.717, 1.165) is 26.0 Å². The summed E-state index contributed by atoms with van der Waals surface area (Å²) in [5.74, 6) is 5.92. The van der Waals surface area contributed by atoms with E-state index in [1.165, 1.54) is 23.0 Å². The van der Waals surface area contributed by atoms with Gasteiger partial charge in [0.15, 0.2) is 0 Å². The molecule has 1 saturated carbocycles. The summed E-state index contributed by atoms with van der Waals surface area (Å²) in [6.45, 7) is 0.813. The number of carbonyl (C=O) groups excluding carboxylic acids is 1. The summed E-state index contributed by atoms with van der Waals surface area (Å²) in [4.78, 5) is 11.8. The molecule has 2 aliphatic rings. The smallest absolute Gasteiger partial charge is 0.320 e. The second-order valence-electron chi connectivity index (χ2n) is 6.92. The van der Waals surface area contributed by atoms with Crippen molar-refractivity contribution in [2.45, 2.75) is 45.2 Å². The number of anilines is 1. The molecule has 2 heterocycles. The number of halogens is 5. The molecule has 0 bridgehead atoms. The lowest BCUT2D eigenvalue weighted by Gasteiger charge is -2.24. The van der Waals surface area contributed by atoms with Crippen LogP contribution in [-0.2, 0) is 6.54 Å². The van der Waals surface area contributed by atoms with E-state index in [9.17, 15) is 26.7 Å². The normalized spacial score (nSPS) is 17.3. The zero-order valence-corrected chi connectivity index (χ0v) is 15.9. The molecular formula is C20H19F5N4O. The van der Waals surface area contributed by atoms with Crippen LogP contribution in [0.25, 0.3) is 0 Å². The van der Waals surface area contributed by atoms with Gasteiger partial charge >= 0.3 is 6.03 Å². The lowest BCUT2D eigenvalue weighted by molar-refractivity contribution is 0.151. The van der Waals surface area contributed by atoms with Crippen molar-refractivity contribution in [2.75, 3.05) is 5.32 Å². The van der Waals surface area contributed by atoms with Crippen LogP contribution in [0.1, 0.15) is 48.9 Å². The van der Waals surface area contributed by atoms with Crippen molar-refractivity contribution in [2.24, 2.45) is 5.92 Å². The van der Waals surface area contributed by atoms with E-state index in [-0.39, 0.29) is 17.7 Å². The number of nitrogens with one attached hydrogen (secondary N) is 2. The average molecular weight is 426 g/mol. The van der Waals surface area contributed by atoms with Gasteiger partial charge in [-0.1, -0.05) is 11.8 Å². The topological polar surface area (TPSA) is 59.0 Å². The van der Waals surface area contributed by atoms with Gasteiger partial charge in [0.25, 0.3) is 6.43 Å². The Hall–Kier alpha value is -3.09. The summed E-state index contributed by atoms with van der Waals surface area (Å²) in [5, 5.41) is 9.13. The highest BCUT2D eigenvalue weighted by Crippen LogP contribution is 2.32. The summed E-state index contributed by atoms with van der Waals surface area (Å²) in [6.07, 6.45) is -0.468. The Morgan fingerprint density at radius 3 is 2.53 bits per heavy atom. The van der Waals surface area contributed by atoms with Gasteiger partial charge in [-0.25, -0.2) is 26.7 Å². The number of rotatable bonds is 3. The van der Waals surface area contributed by atoms with E-state index in [1.54, 1.807) is 0 Å². The van der Waals surface area contributed by atoms with Gasteiger partial charge in [0, 0.05) is 28.9 Å². The van der Waals surface area contributed by atoms with Crippen molar-refractivity contribution in [1.82, 2.24) is 15.1 Å². The van der Waals surface area contributed by atoms with Crippen LogP contribution >= 0.6 is 0 Å². The molecule has 4 rings (SSSR count). The minimum Gasteiger partial charge on any atom is -0.320 e. The first-order valence-electron chi connectivity index (χ1n) is 9.22. The molecule has 160 valence electrons. The van der Waals surface area contributed by atoms with Crippen LogP contribution in [0.3, 0.4) is 0 Å². The minimum absolute atomic E-state index is 0.0203. The second kappa shape index (κ2) is 9.15. The van der Waals surface area contributed by atoms with E-state index in [1.807, 2.05) is 0 Å². The number of alkyl halides is 4. The predicted octanol–water partition coefficient (Wildman–Crippen LogP) is 4.87. The highest BCUT2D eigenvalue weighted by molar-refractivity contribution is 5.93. The highest BCUT2D eigenvalue weighted by atomic mass is 19.3. The maximum atomic E-state index is 14.5. The fourth-order valence-electron chi connectivity index (χ4n) is 2.76. The molecular weight excluding hydrogens is 407 g/mol. The first-order valence-corrected chi connectivity index (χ1v) is 9.22. The van der Waals surface area contributed by atoms with E-state index in [0.29, 0.717) is 17.2 Å². The third kappa shape index (κ3) is 5.72. The van der Waals surface area contributed by atoms with E-state index in [4.69, 9.17) is 0 Å². The number of benzene rings is 1. The Labute approximate surface area is 169 Å². The van der Waals surface area contributed by atoms with Crippen LogP contribution < -0.4 is 10.6 Å². The predicted molar refractivity (Wildman–Crippen MR) is 99.8 cm³/mol. The Balaban J connectivity index is 0.000000589. The Bertz CT molecular complexity index is 973. The zero-order valence-electron chi connectivity index (χ0n) is 15.9. The molecule has 10 heteroatoms. The minimum atomic E-state index is -2.63. The Morgan fingerprint density at radius 2 is 1.93 bits per heavy atom. The molecule has 30 heavy (non-hydrogen) atoms. The molecule has 1 fully saturated rings. The Kier molecular flexibility index (Phi) is 6.59. The van der Waals surface area contributed by atoms with Gasteiger partial charge < -0.3 is 10.6 Å². The average Bonchev–Trinajstić information content (AvgIpc) is 3.36. The number of aromatic nitrogens is 2. The summed E-state index contributed by atoms with van der Waals surface area (Å²) in [5.41, 5.74) is 1.02. The number of hydrogen-bond acceptors (Lipinski definition) is 2. The fourth-order valence-corrected chi connectivity index (χ4v) is 2.76. The molecule has 1 aliphatic heterocycles. The molecule has 5 nitrogen and oxygen atoms in total. The van der Waals surface area contributed by atoms with Crippen LogP contribution in [0.15, 0.2) is 24.5 Å². The lowest BCUT2D eigenvalue weighted by Crippen LogP contribution is -2.37. The van der Waals surface area contributed by atoms with Crippen LogP contribution in [0, 0.1) is 23.6 Å².